The Labute approximate surface area is 125 Å². The van der Waals surface area contributed by atoms with Gasteiger partial charge in [0.1, 0.15) is 11.5 Å². The molecule has 0 unspecified atom stereocenters. The van der Waals surface area contributed by atoms with E-state index in [4.69, 9.17) is 0 Å². The van der Waals surface area contributed by atoms with Crippen molar-refractivity contribution in [3.8, 4) is 22.6 Å². The van der Waals surface area contributed by atoms with Crippen molar-refractivity contribution in [2.75, 3.05) is 0 Å². The smallest absolute Gasteiger partial charge is 0.153 e. The van der Waals surface area contributed by atoms with E-state index in [2.05, 4.69) is 0 Å². The summed E-state index contributed by atoms with van der Waals surface area (Å²) in [5, 5.41) is 28.7. The predicted molar refractivity (Wildman–Crippen MR) is 77.3 cm³/mol. The summed E-state index contributed by atoms with van der Waals surface area (Å²) in [5.41, 5.74) is 0.745. The lowest BCUT2D eigenvalue weighted by atomic mass is 9.96. The molecular weight excluding hydrogens is 288 g/mol. The number of phenolic OH excluding ortho intramolecular Hbond substituents is 1. The van der Waals surface area contributed by atoms with Gasteiger partial charge in [0, 0.05) is 5.56 Å². The lowest BCUT2D eigenvalue weighted by Gasteiger charge is -2.11. The largest absolute Gasteiger partial charge is 0.507 e. The molecule has 112 valence electrons. The minimum Gasteiger partial charge on any atom is -0.507 e. The van der Waals surface area contributed by atoms with E-state index in [1.165, 1.54) is 24.3 Å². The molecule has 0 fully saturated rings. The van der Waals surface area contributed by atoms with E-state index in [1.54, 1.807) is 0 Å². The van der Waals surface area contributed by atoms with Gasteiger partial charge in [-0.3, -0.25) is 14.4 Å². The second kappa shape index (κ2) is 6.19. The van der Waals surface area contributed by atoms with Gasteiger partial charge in [-0.05, 0) is 35.4 Å². The molecule has 0 spiro atoms. The molecule has 6 heteroatoms. The molecule has 0 amide bonds. The molecule has 6 nitrogen and oxygen atoms in total. The molecule has 2 rings (SSSR count). The molecule has 0 aliphatic carbocycles. The molecule has 0 saturated carbocycles. The molecule has 3 N–H and O–H groups in total. The first-order chi connectivity index (χ1) is 10.5. The van der Waals surface area contributed by atoms with E-state index in [0.29, 0.717) is 30.0 Å². The Bertz CT molecular complexity index is 734. The molecule has 2 aromatic rings. The number of hydrogen-bond acceptors (Lipinski definition) is 6. The summed E-state index contributed by atoms with van der Waals surface area (Å²) in [5.74, 6) is -0.753. The number of hydrogen-bond donors (Lipinski definition) is 3. The number of rotatable bonds is 5. The van der Waals surface area contributed by atoms with Crippen molar-refractivity contribution in [3.05, 3.63) is 46.5 Å². The monoisotopic (exact) mass is 300 g/mol. The quantitative estimate of drug-likeness (QED) is 0.724. The molecule has 0 aliphatic heterocycles. The Morgan fingerprint density at radius 2 is 1.14 bits per heavy atom. The average molecular weight is 300 g/mol. The second-order valence-electron chi connectivity index (χ2n) is 4.59. The summed E-state index contributed by atoms with van der Waals surface area (Å²) in [6.07, 6.45) is 1.24. The zero-order valence-electron chi connectivity index (χ0n) is 11.3. The predicted octanol–water partition coefficient (Wildman–Crippen LogP) is 1.69. The molecule has 22 heavy (non-hydrogen) atoms. The Balaban J connectivity index is 2.73. The van der Waals surface area contributed by atoms with Gasteiger partial charge in [-0.25, -0.2) is 0 Å². The Morgan fingerprint density at radius 3 is 1.55 bits per heavy atom. The van der Waals surface area contributed by atoms with Crippen LogP contribution in [0.25, 0.3) is 11.1 Å². The van der Waals surface area contributed by atoms with Crippen molar-refractivity contribution in [1.82, 2.24) is 0 Å². The maximum absolute atomic E-state index is 11.0. The molecule has 0 atom stereocenters. The Kier molecular flexibility index (Phi) is 4.33. The van der Waals surface area contributed by atoms with Gasteiger partial charge < -0.3 is 15.3 Å². The third-order valence-corrected chi connectivity index (χ3v) is 3.27. The number of carbonyl (C=O) groups excluding carboxylic acids is 3. The fourth-order valence-electron chi connectivity index (χ4n) is 2.12. The number of aliphatic hydroxyl groups excluding tert-OH is 1. The average Bonchev–Trinajstić information content (AvgIpc) is 2.55. The third-order valence-electron chi connectivity index (χ3n) is 3.27. The van der Waals surface area contributed by atoms with Crippen molar-refractivity contribution < 1.29 is 29.7 Å². The first-order valence-corrected chi connectivity index (χ1v) is 6.25. The molecule has 0 aromatic heterocycles. The number of phenols is 2. The summed E-state index contributed by atoms with van der Waals surface area (Å²) in [4.78, 5) is 32.9. The first-order valence-electron chi connectivity index (χ1n) is 6.25. The maximum atomic E-state index is 11.0. The van der Waals surface area contributed by atoms with E-state index in [0.717, 1.165) is 0 Å². The van der Waals surface area contributed by atoms with Crippen LogP contribution in [0, 0.1) is 0 Å². The van der Waals surface area contributed by atoms with Gasteiger partial charge in [-0.15, -0.1) is 0 Å². The van der Waals surface area contributed by atoms with Gasteiger partial charge in [0.15, 0.2) is 18.9 Å². The van der Waals surface area contributed by atoms with Crippen LogP contribution >= 0.6 is 0 Å². The number of aromatic hydroxyl groups is 2. The van der Waals surface area contributed by atoms with E-state index in [9.17, 15) is 29.7 Å². The SMILES string of the molecule is O=Cc1cc(-c2cc(C=O)c(O)c(CO)c2)cc(C=O)c1O. The topological polar surface area (TPSA) is 112 Å². The van der Waals surface area contributed by atoms with Crippen LogP contribution in [0.4, 0.5) is 0 Å². The highest BCUT2D eigenvalue weighted by Crippen LogP contribution is 2.32. The van der Waals surface area contributed by atoms with Gasteiger partial charge in [-0.1, -0.05) is 0 Å². The van der Waals surface area contributed by atoms with E-state index in [-0.39, 0.29) is 28.0 Å². The van der Waals surface area contributed by atoms with Gasteiger partial charge in [-0.2, -0.15) is 0 Å². The van der Waals surface area contributed by atoms with Gasteiger partial charge in [0.05, 0.1) is 23.3 Å². The van der Waals surface area contributed by atoms with Crippen LogP contribution in [0.2, 0.25) is 0 Å². The molecule has 0 aliphatic rings. The number of benzene rings is 2. The summed E-state index contributed by atoms with van der Waals surface area (Å²) in [7, 11) is 0. The van der Waals surface area contributed by atoms with Crippen molar-refractivity contribution in [2.45, 2.75) is 6.61 Å². The molecule has 2 aromatic carbocycles. The van der Waals surface area contributed by atoms with Crippen LogP contribution in [0.5, 0.6) is 11.5 Å². The third kappa shape index (κ3) is 2.59. The molecule has 0 heterocycles. The van der Waals surface area contributed by atoms with Crippen LogP contribution in [0.3, 0.4) is 0 Å². The van der Waals surface area contributed by atoms with E-state index >= 15 is 0 Å². The Hall–Kier alpha value is -2.99. The molecule has 0 bridgehead atoms. The van der Waals surface area contributed by atoms with Crippen molar-refractivity contribution in [2.24, 2.45) is 0 Å². The lowest BCUT2D eigenvalue weighted by molar-refractivity contribution is 0.110. The van der Waals surface area contributed by atoms with Crippen molar-refractivity contribution >= 4 is 18.9 Å². The molecule has 0 radical (unpaired) electrons. The summed E-state index contributed by atoms with van der Waals surface area (Å²) in [6.45, 7) is -0.486. The normalized spacial score (nSPS) is 10.2. The Morgan fingerprint density at radius 1 is 0.727 bits per heavy atom. The number of aliphatic hydroxyl groups is 1. The van der Waals surface area contributed by atoms with Crippen LogP contribution < -0.4 is 0 Å². The van der Waals surface area contributed by atoms with Crippen molar-refractivity contribution in [3.63, 3.8) is 0 Å². The van der Waals surface area contributed by atoms with Crippen molar-refractivity contribution in [1.29, 1.82) is 0 Å². The van der Waals surface area contributed by atoms with Crippen LogP contribution in [-0.2, 0) is 6.61 Å². The minimum absolute atomic E-state index is 0.0325. The van der Waals surface area contributed by atoms with E-state index < -0.39 is 12.4 Å². The van der Waals surface area contributed by atoms with Crippen LogP contribution in [0.1, 0.15) is 36.6 Å². The summed E-state index contributed by atoms with van der Waals surface area (Å²) < 4.78 is 0. The zero-order valence-corrected chi connectivity index (χ0v) is 11.3. The lowest BCUT2D eigenvalue weighted by Crippen LogP contribution is -1.95. The number of aldehydes is 3. The highest BCUT2D eigenvalue weighted by atomic mass is 16.3. The van der Waals surface area contributed by atoms with Gasteiger partial charge >= 0.3 is 0 Å². The standard InChI is InChI=1S/C16H12O6/c17-5-11-1-9(2-12(6-18)15(11)21)10-3-13(7-19)16(22)14(4-10)8-20/h1-7,20-22H,8H2. The fourth-order valence-corrected chi connectivity index (χ4v) is 2.12. The van der Waals surface area contributed by atoms with E-state index in [1.807, 2.05) is 0 Å². The summed E-state index contributed by atoms with van der Waals surface area (Å²) in [6, 6.07) is 5.48. The number of carbonyl (C=O) groups is 3. The highest BCUT2D eigenvalue weighted by Gasteiger charge is 2.14. The highest BCUT2D eigenvalue weighted by molar-refractivity contribution is 5.92. The summed E-state index contributed by atoms with van der Waals surface area (Å²) >= 11 is 0. The first kappa shape index (κ1) is 15.4. The van der Waals surface area contributed by atoms with Crippen LogP contribution in [-0.4, -0.2) is 34.2 Å². The van der Waals surface area contributed by atoms with Gasteiger partial charge in [0.2, 0.25) is 0 Å². The maximum Gasteiger partial charge on any atom is 0.153 e. The molecular formula is C16H12O6. The second-order valence-corrected chi connectivity index (χ2v) is 4.59. The van der Waals surface area contributed by atoms with Crippen LogP contribution in [0.15, 0.2) is 24.3 Å². The fraction of sp³-hybridized carbons (Fsp3) is 0.0625. The zero-order chi connectivity index (χ0) is 16.3. The molecule has 0 saturated heterocycles. The minimum atomic E-state index is -0.486. The van der Waals surface area contributed by atoms with Gasteiger partial charge in [0.25, 0.3) is 0 Å².